The monoisotopic (exact) mass is 374 g/mol. The average Bonchev–Trinajstić information content (AvgIpc) is 3.03. The summed E-state index contributed by atoms with van der Waals surface area (Å²) in [6, 6.07) is 5.93. The molecule has 1 amide bonds. The third kappa shape index (κ3) is 6.16. The molecule has 0 aliphatic carbocycles. The van der Waals surface area contributed by atoms with Crippen LogP contribution in [0.2, 0.25) is 0 Å². The molecule has 0 aliphatic heterocycles. The van der Waals surface area contributed by atoms with Crippen molar-refractivity contribution in [1.82, 2.24) is 19.9 Å². The van der Waals surface area contributed by atoms with Gasteiger partial charge in [-0.2, -0.15) is 0 Å². The first-order chi connectivity index (χ1) is 13.1. The van der Waals surface area contributed by atoms with E-state index in [0.717, 1.165) is 67.7 Å². The number of nitrogens with one attached hydrogen (secondary N) is 1. The van der Waals surface area contributed by atoms with E-state index in [2.05, 4.69) is 23.4 Å². The zero-order valence-corrected chi connectivity index (χ0v) is 16.2. The van der Waals surface area contributed by atoms with E-state index in [4.69, 9.17) is 15.3 Å². The van der Waals surface area contributed by atoms with Crippen LogP contribution in [-0.4, -0.2) is 57.4 Å². The number of carbonyl (C=O) groups is 1. The van der Waals surface area contributed by atoms with Crippen molar-refractivity contribution in [2.75, 3.05) is 26.7 Å². The van der Waals surface area contributed by atoms with Crippen LogP contribution in [0.1, 0.15) is 37.6 Å². The van der Waals surface area contributed by atoms with Crippen molar-refractivity contribution in [2.45, 2.75) is 39.2 Å². The number of amides is 1. The van der Waals surface area contributed by atoms with Gasteiger partial charge in [-0.15, -0.1) is 0 Å². The van der Waals surface area contributed by atoms with Gasteiger partial charge in [0.15, 0.2) is 0 Å². The minimum atomic E-state index is -0.560. The minimum Gasteiger partial charge on any atom is -0.396 e. The number of nitrogens with zero attached hydrogens (tertiary/aromatic N) is 3. The molecule has 0 saturated carbocycles. The predicted octanol–water partition coefficient (Wildman–Crippen LogP) is 2.21. The molecule has 1 aromatic heterocycles. The van der Waals surface area contributed by atoms with E-state index in [1.807, 2.05) is 18.2 Å². The molecule has 7 nitrogen and oxygen atoms in total. The van der Waals surface area contributed by atoms with Gasteiger partial charge in [0, 0.05) is 38.7 Å². The van der Waals surface area contributed by atoms with Crippen molar-refractivity contribution in [3.8, 4) is 0 Å². The number of imidazole rings is 1. The molecular formula is C20H30N4O3. The second-order valence-corrected chi connectivity index (χ2v) is 6.72. The second kappa shape index (κ2) is 10.8. The lowest BCUT2D eigenvalue weighted by Crippen LogP contribution is -2.25. The van der Waals surface area contributed by atoms with Crippen molar-refractivity contribution in [1.29, 1.82) is 0 Å². The molecule has 27 heavy (non-hydrogen) atoms. The highest BCUT2D eigenvalue weighted by molar-refractivity contribution is 5.91. The Bertz CT molecular complexity index is 770. The number of fused-ring (bicyclic) bond motifs is 1. The molecule has 0 atom stereocenters. The number of hydroxylamine groups is 1. The Kier molecular flexibility index (Phi) is 8.44. The van der Waals surface area contributed by atoms with E-state index < -0.39 is 5.91 Å². The van der Waals surface area contributed by atoms with Crippen LogP contribution in [0.25, 0.3) is 17.1 Å². The lowest BCUT2D eigenvalue weighted by molar-refractivity contribution is -0.124. The maximum atomic E-state index is 11.2. The topological polar surface area (TPSA) is 90.6 Å². The molecule has 148 valence electrons. The van der Waals surface area contributed by atoms with Crippen LogP contribution < -0.4 is 5.48 Å². The molecule has 1 heterocycles. The number of carbonyl (C=O) groups excluding carboxylic acids is 1. The molecule has 3 N–H and O–H groups in total. The molecule has 2 aromatic rings. The highest BCUT2D eigenvalue weighted by Crippen LogP contribution is 2.20. The summed E-state index contributed by atoms with van der Waals surface area (Å²) in [5.74, 6) is 0.520. The number of likely N-dealkylation sites (N-methyl/N-ethyl adjacent to an activating group) is 1. The molecule has 0 aliphatic rings. The third-order valence-corrected chi connectivity index (χ3v) is 4.55. The number of aliphatic hydroxyl groups excluding tert-OH is 1. The van der Waals surface area contributed by atoms with Gasteiger partial charge < -0.3 is 14.6 Å². The summed E-state index contributed by atoms with van der Waals surface area (Å²) in [6.45, 7) is 4.99. The van der Waals surface area contributed by atoms with Crippen molar-refractivity contribution >= 4 is 23.0 Å². The van der Waals surface area contributed by atoms with Gasteiger partial charge in [0.1, 0.15) is 5.82 Å². The number of aliphatic hydroxyl groups is 1. The zero-order valence-electron chi connectivity index (χ0n) is 16.2. The Hall–Kier alpha value is -2.22. The fourth-order valence-electron chi connectivity index (χ4n) is 3.01. The summed E-state index contributed by atoms with van der Waals surface area (Å²) in [4.78, 5) is 18.2. The number of aryl methyl sites for hydroxylation is 1. The third-order valence-electron chi connectivity index (χ3n) is 4.55. The molecule has 1 aromatic carbocycles. The number of hydrogen-bond acceptors (Lipinski definition) is 5. The number of aromatic nitrogens is 2. The Morgan fingerprint density at radius 1 is 1.33 bits per heavy atom. The van der Waals surface area contributed by atoms with Crippen LogP contribution in [-0.2, 0) is 17.8 Å². The summed E-state index contributed by atoms with van der Waals surface area (Å²) in [6.07, 6.45) is 6.85. The first-order valence-corrected chi connectivity index (χ1v) is 9.49. The van der Waals surface area contributed by atoms with Crippen LogP contribution in [0.4, 0.5) is 0 Å². The van der Waals surface area contributed by atoms with Crippen molar-refractivity contribution in [3.05, 3.63) is 35.7 Å². The summed E-state index contributed by atoms with van der Waals surface area (Å²) >= 11 is 0. The maximum absolute atomic E-state index is 11.2. The molecule has 0 unspecified atom stereocenters. The largest absolute Gasteiger partial charge is 0.396 e. The van der Waals surface area contributed by atoms with Gasteiger partial charge >= 0.3 is 0 Å². The number of unbranched alkanes of at least 4 members (excludes halogenated alkanes) is 1. The Balaban J connectivity index is 2.24. The molecule has 7 heteroatoms. The smallest absolute Gasteiger partial charge is 0.267 e. The summed E-state index contributed by atoms with van der Waals surface area (Å²) in [7, 11) is 2.07. The standard InChI is InChI=1S/C20H30N4O3/c1-3-4-6-19-21-17-15-16(8-10-20(26)22-27)7-9-18(17)24(19)13-12-23(2)11-5-14-25/h7-10,15,25,27H,3-6,11-14H2,1-2H3,(H,22,26)/b10-8+. The normalized spacial score (nSPS) is 11.7. The van der Waals surface area contributed by atoms with Crippen molar-refractivity contribution in [3.63, 3.8) is 0 Å². The minimum absolute atomic E-state index is 0.213. The van der Waals surface area contributed by atoms with E-state index in [9.17, 15) is 4.79 Å². The van der Waals surface area contributed by atoms with E-state index in [0.29, 0.717) is 0 Å². The Labute approximate surface area is 160 Å². The van der Waals surface area contributed by atoms with E-state index in [-0.39, 0.29) is 6.61 Å². The second-order valence-electron chi connectivity index (χ2n) is 6.72. The molecule has 0 radical (unpaired) electrons. The van der Waals surface area contributed by atoms with E-state index in [1.165, 1.54) is 6.08 Å². The van der Waals surface area contributed by atoms with Crippen LogP contribution in [0.3, 0.4) is 0 Å². The maximum Gasteiger partial charge on any atom is 0.267 e. The molecule has 0 saturated heterocycles. The number of rotatable bonds is 11. The van der Waals surface area contributed by atoms with Gasteiger partial charge in [-0.1, -0.05) is 19.4 Å². The lowest BCUT2D eigenvalue weighted by atomic mass is 10.2. The van der Waals surface area contributed by atoms with Crippen LogP contribution in [0.5, 0.6) is 0 Å². The molecule has 0 fully saturated rings. The Morgan fingerprint density at radius 3 is 2.85 bits per heavy atom. The lowest BCUT2D eigenvalue weighted by Gasteiger charge is -2.17. The first kappa shape index (κ1) is 21.1. The summed E-state index contributed by atoms with van der Waals surface area (Å²) in [5.41, 5.74) is 4.44. The van der Waals surface area contributed by atoms with Gasteiger partial charge in [-0.25, -0.2) is 10.5 Å². The Morgan fingerprint density at radius 2 is 2.15 bits per heavy atom. The van der Waals surface area contributed by atoms with Crippen LogP contribution >= 0.6 is 0 Å². The first-order valence-electron chi connectivity index (χ1n) is 9.49. The van der Waals surface area contributed by atoms with Crippen LogP contribution in [0, 0.1) is 0 Å². The van der Waals surface area contributed by atoms with Gasteiger partial charge in [0.05, 0.1) is 11.0 Å². The quantitative estimate of drug-likeness (QED) is 0.319. The van der Waals surface area contributed by atoms with E-state index >= 15 is 0 Å². The number of benzene rings is 1. The molecular weight excluding hydrogens is 344 g/mol. The van der Waals surface area contributed by atoms with Crippen LogP contribution in [0.15, 0.2) is 24.3 Å². The predicted molar refractivity (Wildman–Crippen MR) is 107 cm³/mol. The van der Waals surface area contributed by atoms with Crippen molar-refractivity contribution < 1.29 is 15.1 Å². The molecule has 0 spiro atoms. The van der Waals surface area contributed by atoms with Gasteiger partial charge in [0.25, 0.3) is 5.91 Å². The fourth-order valence-corrected chi connectivity index (χ4v) is 3.01. The summed E-state index contributed by atoms with van der Waals surface area (Å²) < 4.78 is 2.27. The highest BCUT2D eigenvalue weighted by atomic mass is 16.5. The molecule has 2 rings (SSSR count). The number of hydrogen-bond donors (Lipinski definition) is 3. The van der Waals surface area contributed by atoms with Gasteiger partial charge in [-0.3, -0.25) is 10.0 Å². The van der Waals surface area contributed by atoms with Gasteiger partial charge in [0.2, 0.25) is 0 Å². The molecule has 0 bridgehead atoms. The summed E-state index contributed by atoms with van der Waals surface area (Å²) in [5, 5.41) is 17.6. The van der Waals surface area contributed by atoms with E-state index in [1.54, 1.807) is 11.6 Å². The SMILES string of the molecule is CCCCc1nc2cc(/C=C/C(=O)NO)ccc2n1CCN(C)CCCO. The average molecular weight is 374 g/mol. The highest BCUT2D eigenvalue weighted by Gasteiger charge is 2.11. The van der Waals surface area contributed by atoms with Crippen molar-refractivity contribution in [2.24, 2.45) is 0 Å². The fraction of sp³-hybridized carbons (Fsp3) is 0.500. The zero-order chi connectivity index (χ0) is 19.6. The van der Waals surface area contributed by atoms with Gasteiger partial charge in [-0.05, 0) is 43.7 Å².